The van der Waals surface area contributed by atoms with E-state index in [1.54, 1.807) is 12.1 Å². The predicted molar refractivity (Wildman–Crippen MR) is 133 cm³/mol. The molecule has 3 aromatic rings. The predicted octanol–water partition coefficient (Wildman–Crippen LogP) is 6.78. The van der Waals surface area contributed by atoms with Crippen LogP contribution < -0.4 is 14.5 Å². The molecule has 0 unspecified atom stereocenters. The van der Waals surface area contributed by atoms with Gasteiger partial charge in [-0.25, -0.2) is 0 Å². The summed E-state index contributed by atoms with van der Waals surface area (Å²) in [7, 11) is 0. The summed E-state index contributed by atoms with van der Waals surface area (Å²) in [5.41, 5.74) is 3.54. The van der Waals surface area contributed by atoms with Crippen molar-refractivity contribution in [3.05, 3.63) is 93.5 Å². The molecule has 33 heavy (non-hydrogen) atoms. The third kappa shape index (κ3) is 5.21. The number of ether oxygens (including phenoxy) is 2. The minimum atomic E-state index is -0.172. The number of carbonyl (C=O) groups excluding carboxylic acids is 1. The summed E-state index contributed by atoms with van der Waals surface area (Å²) >= 11 is 12.2. The van der Waals surface area contributed by atoms with Gasteiger partial charge in [0, 0.05) is 15.6 Å². The number of rotatable bonds is 7. The molecule has 5 nitrogen and oxygen atoms in total. The summed E-state index contributed by atoms with van der Waals surface area (Å²) in [5, 5.41) is 6.95. The zero-order valence-electron chi connectivity index (χ0n) is 18.2. The van der Waals surface area contributed by atoms with Crippen LogP contribution >= 0.6 is 23.2 Å². The molecule has 0 spiro atoms. The van der Waals surface area contributed by atoms with E-state index in [-0.39, 0.29) is 12.5 Å². The van der Waals surface area contributed by atoms with Crippen LogP contribution in [0.4, 0.5) is 5.69 Å². The lowest BCUT2D eigenvalue weighted by Gasteiger charge is -2.14. The van der Waals surface area contributed by atoms with Crippen LogP contribution in [0, 0.1) is 0 Å². The van der Waals surface area contributed by atoms with Crippen LogP contribution in [0.2, 0.25) is 10.0 Å². The van der Waals surface area contributed by atoms with Crippen molar-refractivity contribution in [2.24, 2.45) is 5.10 Å². The molecule has 1 heterocycles. The van der Waals surface area contributed by atoms with Gasteiger partial charge in [-0.05, 0) is 61.9 Å². The first-order valence-corrected chi connectivity index (χ1v) is 11.2. The maximum Gasteiger partial charge on any atom is 0.280 e. The first-order chi connectivity index (χ1) is 16.0. The number of hydrazone groups is 1. The van der Waals surface area contributed by atoms with E-state index in [9.17, 15) is 4.79 Å². The first-order valence-electron chi connectivity index (χ1n) is 10.5. The largest absolute Gasteiger partial charge is 0.490 e. The molecule has 4 rings (SSSR count). The number of amides is 1. The number of nitrogens with zero attached hydrogens (tertiary/aromatic N) is 2. The molecule has 0 bridgehead atoms. The number of hydrogen-bond acceptors (Lipinski definition) is 4. The van der Waals surface area contributed by atoms with E-state index < -0.39 is 0 Å². The lowest BCUT2D eigenvalue weighted by atomic mass is 10.1. The second-order valence-electron chi connectivity index (χ2n) is 7.36. The minimum Gasteiger partial charge on any atom is -0.490 e. The van der Waals surface area contributed by atoms with Crippen molar-refractivity contribution in [1.82, 2.24) is 0 Å². The van der Waals surface area contributed by atoms with Crippen LogP contribution in [0.1, 0.15) is 25.0 Å². The SMILES string of the molecule is CCOc1cc(/C=C2/C(=O)N(c3ccccc3)N=C2C)ccc1OCc1ccc(Cl)cc1Cl. The highest BCUT2D eigenvalue weighted by atomic mass is 35.5. The average Bonchev–Trinajstić information content (AvgIpc) is 3.08. The van der Waals surface area contributed by atoms with E-state index in [4.69, 9.17) is 32.7 Å². The molecule has 0 radical (unpaired) electrons. The summed E-state index contributed by atoms with van der Waals surface area (Å²) in [6, 6.07) is 20.2. The molecule has 0 N–H and O–H groups in total. The van der Waals surface area contributed by atoms with E-state index in [0.29, 0.717) is 39.4 Å². The summed E-state index contributed by atoms with van der Waals surface area (Å²) in [4.78, 5) is 13.0. The van der Waals surface area contributed by atoms with Gasteiger partial charge >= 0.3 is 0 Å². The first kappa shape index (κ1) is 22.9. The van der Waals surface area contributed by atoms with E-state index in [1.807, 2.05) is 74.5 Å². The number of anilines is 1. The Hall–Kier alpha value is -3.28. The van der Waals surface area contributed by atoms with Crippen LogP contribution in [-0.4, -0.2) is 18.2 Å². The Kier molecular flexibility index (Phi) is 7.02. The van der Waals surface area contributed by atoms with Gasteiger partial charge in [-0.1, -0.05) is 53.5 Å². The summed E-state index contributed by atoms with van der Waals surface area (Å²) < 4.78 is 11.8. The minimum absolute atomic E-state index is 0.172. The monoisotopic (exact) mass is 480 g/mol. The Morgan fingerprint density at radius 2 is 1.76 bits per heavy atom. The van der Waals surface area contributed by atoms with Gasteiger partial charge in [0.1, 0.15) is 6.61 Å². The van der Waals surface area contributed by atoms with Gasteiger partial charge in [0.15, 0.2) is 11.5 Å². The molecule has 0 saturated heterocycles. The standard InChI is InChI=1S/C26H22Cl2N2O3/c1-3-32-25-14-18(9-12-24(25)33-16-19-10-11-20(27)15-23(19)28)13-22-17(2)29-30(26(22)31)21-7-5-4-6-8-21/h4-15H,3,16H2,1-2H3/b22-13+. The number of benzene rings is 3. The Morgan fingerprint density at radius 3 is 2.48 bits per heavy atom. The molecule has 0 atom stereocenters. The van der Waals surface area contributed by atoms with Crippen LogP contribution in [0.15, 0.2) is 77.4 Å². The van der Waals surface area contributed by atoms with Gasteiger partial charge in [0.2, 0.25) is 0 Å². The van der Waals surface area contributed by atoms with E-state index in [1.165, 1.54) is 5.01 Å². The molecule has 0 aliphatic carbocycles. The zero-order valence-corrected chi connectivity index (χ0v) is 19.7. The average molecular weight is 481 g/mol. The molecule has 0 saturated carbocycles. The smallest absolute Gasteiger partial charge is 0.280 e. The number of halogens is 2. The Bertz CT molecular complexity index is 1240. The second-order valence-corrected chi connectivity index (χ2v) is 8.20. The quantitative estimate of drug-likeness (QED) is 0.350. The van der Waals surface area contributed by atoms with Crippen molar-refractivity contribution >= 4 is 46.6 Å². The van der Waals surface area contributed by atoms with Crippen molar-refractivity contribution in [1.29, 1.82) is 0 Å². The molecular formula is C26H22Cl2N2O3. The van der Waals surface area contributed by atoms with Gasteiger partial charge in [-0.3, -0.25) is 4.79 Å². The van der Waals surface area contributed by atoms with Crippen molar-refractivity contribution in [3.8, 4) is 11.5 Å². The van der Waals surface area contributed by atoms with Gasteiger partial charge in [0.05, 0.1) is 23.6 Å². The molecule has 1 amide bonds. The fourth-order valence-corrected chi connectivity index (χ4v) is 3.85. The molecule has 0 fully saturated rings. The fraction of sp³-hybridized carbons (Fsp3) is 0.154. The molecule has 168 valence electrons. The fourth-order valence-electron chi connectivity index (χ4n) is 3.39. The van der Waals surface area contributed by atoms with Gasteiger partial charge < -0.3 is 9.47 Å². The van der Waals surface area contributed by atoms with Crippen molar-refractivity contribution in [2.75, 3.05) is 11.6 Å². The Morgan fingerprint density at radius 1 is 0.970 bits per heavy atom. The lowest BCUT2D eigenvalue weighted by Crippen LogP contribution is -2.21. The van der Waals surface area contributed by atoms with E-state index in [2.05, 4.69) is 5.10 Å². The molecular weight excluding hydrogens is 459 g/mol. The van der Waals surface area contributed by atoms with Crippen LogP contribution in [0.25, 0.3) is 6.08 Å². The third-order valence-electron chi connectivity index (χ3n) is 5.04. The molecule has 1 aliphatic rings. The third-order valence-corrected chi connectivity index (χ3v) is 5.63. The number of para-hydroxylation sites is 1. The van der Waals surface area contributed by atoms with E-state index in [0.717, 1.165) is 16.8 Å². The van der Waals surface area contributed by atoms with Gasteiger partial charge in [-0.2, -0.15) is 10.1 Å². The maximum atomic E-state index is 13.0. The maximum absolute atomic E-state index is 13.0. The molecule has 0 aromatic heterocycles. The van der Waals surface area contributed by atoms with Crippen molar-refractivity contribution < 1.29 is 14.3 Å². The molecule has 1 aliphatic heterocycles. The Balaban J connectivity index is 1.56. The number of hydrogen-bond donors (Lipinski definition) is 0. The Labute approximate surface area is 202 Å². The highest BCUT2D eigenvalue weighted by molar-refractivity contribution is 6.35. The topological polar surface area (TPSA) is 51.1 Å². The van der Waals surface area contributed by atoms with Crippen LogP contribution in [0.3, 0.4) is 0 Å². The molecule has 7 heteroatoms. The second kappa shape index (κ2) is 10.1. The summed E-state index contributed by atoms with van der Waals surface area (Å²) in [6.07, 6.45) is 1.81. The normalized spacial score (nSPS) is 14.5. The van der Waals surface area contributed by atoms with Gasteiger partial charge in [0.25, 0.3) is 5.91 Å². The summed E-state index contributed by atoms with van der Waals surface area (Å²) in [5.74, 6) is 0.991. The van der Waals surface area contributed by atoms with Crippen LogP contribution in [-0.2, 0) is 11.4 Å². The number of carbonyl (C=O) groups is 1. The highest BCUT2D eigenvalue weighted by Gasteiger charge is 2.28. The molecule has 3 aromatic carbocycles. The van der Waals surface area contributed by atoms with Crippen molar-refractivity contribution in [3.63, 3.8) is 0 Å². The van der Waals surface area contributed by atoms with Gasteiger partial charge in [-0.15, -0.1) is 0 Å². The lowest BCUT2D eigenvalue weighted by molar-refractivity contribution is -0.114. The van der Waals surface area contributed by atoms with Crippen LogP contribution in [0.5, 0.6) is 11.5 Å². The van der Waals surface area contributed by atoms with E-state index >= 15 is 0 Å². The summed E-state index contributed by atoms with van der Waals surface area (Å²) in [6.45, 7) is 4.47. The highest BCUT2D eigenvalue weighted by Crippen LogP contribution is 2.32. The zero-order chi connectivity index (χ0) is 23.4. The van der Waals surface area contributed by atoms with Crippen molar-refractivity contribution in [2.45, 2.75) is 20.5 Å².